The van der Waals surface area contributed by atoms with Crippen molar-refractivity contribution in [2.24, 2.45) is 0 Å². The molecule has 2 aliphatic rings. The molecule has 0 spiro atoms. The SMILES string of the molecule is COc1cc(O)c2c(c1)[C@H]1O[C@@H]1CCCC(=O)CCC[C@H](C)OC2=O. The normalized spacial score (nSPS) is 27.5. The molecule has 0 amide bonds. The molecule has 1 aromatic carbocycles. The topological polar surface area (TPSA) is 85.4 Å². The van der Waals surface area contributed by atoms with E-state index in [0.29, 0.717) is 37.0 Å². The Labute approximate surface area is 147 Å². The minimum atomic E-state index is -0.569. The molecular formula is C19H24O6. The number of fused-ring (bicyclic) bond motifs is 3. The Hall–Kier alpha value is -2.08. The van der Waals surface area contributed by atoms with Crippen LogP contribution in [-0.2, 0) is 14.3 Å². The van der Waals surface area contributed by atoms with E-state index in [-0.39, 0.29) is 35.4 Å². The smallest absolute Gasteiger partial charge is 0.342 e. The van der Waals surface area contributed by atoms with Gasteiger partial charge in [0.1, 0.15) is 28.9 Å². The highest BCUT2D eigenvalue weighted by molar-refractivity contribution is 5.95. The van der Waals surface area contributed by atoms with Gasteiger partial charge in [0, 0.05) is 24.5 Å². The van der Waals surface area contributed by atoms with Crippen molar-refractivity contribution in [1.82, 2.24) is 0 Å². The number of carbonyl (C=O) groups is 2. The molecule has 2 aliphatic heterocycles. The van der Waals surface area contributed by atoms with Crippen LogP contribution in [0.3, 0.4) is 0 Å². The van der Waals surface area contributed by atoms with Gasteiger partial charge in [-0.15, -0.1) is 0 Å². The van der Waals surface area contributed by atoms with Gasteiger partial charge in [0.2, 0.25) is 0 Å². The van der Waals surface area contributed by atoms with E-state index in [2.05, 4.69) is 0 Å². The summed E-state index contributed by atoms with van der Waals surface area (Å²) in [6.07, 6.45) is 3.23. The van der Waals surface area contributed by atoms with Gasteiger partial charge in [-0.1, -0.05) is 0 Å². The van der Waals surface area contributed by atoms with Crippen LogP contribution in [0, 0.1) is 0 Å². The van der Waals surface area contributed by atoms with Gasteiger partial charge < -0.3 is 19.3 Å². The van der Waals surface area contributed by atoms with Crippen LogP contribution >= 0.6 is 0 Å². The van der Waals surface area contributed by atoms with Crippen molar-refractivity contribution in [3.8, 4) is 11.5 Å². The minimum Gasteiger partial charge on any atom is -0.507 e. The first kappa shape index (κ1) is 17.7. The molecule has 1 fully saturated rings. The number of esters is 1. The zero-order chi connectivity index (χ0) is 18.0. The fourth-order valence-electron chi connectivity index (χ4n) is 3.34. The van der Waals surface area contributed by atoms with E-state index < -0.39 is 5.97 Å². The highest BCUT2D eigenvalue weighted by Crippen LogP contribution is 2.46. The van der Waals surface area contributed by atoms with E-state index in [1.807, 2.05) is 0 Å². The van der Waals surface area contributed by atoms with Crippen LogP contribution in [0.4, 0.5) is 0 Å². The van der Waals surface area contributed by atoms with Crippen molar-refractivity contribution in [3.63, 3.8) is 0 Å². The summed E-state index contributed by atoms with van der Waals surface area (Å²) in [5.41, 5.74) is 0.732. The number of hydrogen-bond donors (Lipinski definition) is 1. The summed E-state index contributed by atoms with van der Waals surface area (Å²) in [6.45, 7) is 1.80. The maximum Gasteiger partial charge on any atom is 0.342 e. The maximum atomic E-state index is 12.6. The number of Topliss-reactive ketones (excluding diaryl/α,β-unsaturated/α-hetero) is 1. The van der Waals surface area contributed by atoms with E-state index in [1.54, 1.807) is 13.0 Å². The van der Waals surface area contributed by atoms with Crippen LogP contribution in [0.15, 0.2) is 12.1 Å². The summed E-state index contributed by atoms with van der Waals surface area (Å²) in [4.78, 5) is 24.5. The van der Waals surface area contributed by atoms with Gasteiger partial charge in [-0.05, 0) is 38.7 Å². The van der Waals surface area contributed by atoms with Crippen LogP contribution in [-0.4, -0.2) is 36.2 Å². The van der Waals surface area contributed by atoms with Crippen molar-refractivity contribution in [3.05, 3.63) is 23.3 Å². The third kappa shape index (κ3) is 4.12. The molecule has 3 rings (SSSR count). The maximum absolute atomic E-state index is 12.6. The highest BCUT2D eigenvalue weighted by atomic mass is 16.6. The lowest BCUT2D eigenvalue weighted by atomic mass is 9.98. The molecule has 25 heavy (non-hydrogen) atoms. The molecular weight excluding hydrogens is 324 g/mol. The molecule has 6 nitrogen and oxygen atoms in total. The Morgan fingerprint density at radius 1 is 1.16 bits per heavy atom. The van der Waals surface area contributed by atoms with Crippen LogP contribution in [0.5, 0.6) is 11.5 Å². The molecule has 2 heterocycles. The Bertz CT molecular complexity index is 668. The largest absolute Gasteiger partial charge is 0.507 e. The number of epoxide rings is 1. The van der Waals surface area contributed by atoms with Crippen LogP contribution < -0.4 is 4.74 Å². The predicted molar refractivity (Wildman–Crippen MR) is 89.9 cm³/mol. The number of cyclic esters (lactones) is 1. The van der Waals surface area contributed by atoms with Crippen LogP contribution in [0.1, 0.15) is 67.5 Å². The molecule has 0 aliphatic carbocycles. The second kappa shape index (κ2) is 7.44. The lowest BCUT2D eigenvalue weighted by molar-refractivity contribution is -0.119. The van der Waals surface area contributed by atoms with E-state index in [1.165, 1.54) is 13.2 Å². The summed E-state index contributed by atoms with van der Waals surface area (Å²) in [7, 11) is 1.50. The monoisotopic (exact) mass is 348 g/mol. The number of hydrogen-bond acceptors (Lipinski definition) is 6. The average Bonchev–Trinajstić information content (AvgIpc) is 3.32. The fraction of sp³-hybridized carbons (Fsp3) is 0.579. The molecule has 3 atom stereocenters. The fourth-order valence-corrected chi connectivity index (χ4v) is 3.34. The zero-order valence-electron chi connectivity index (χ0n) is 14.6. The van der Waals surface area contributed by atoms with E-state index in [4.69, 9.17) is 14.2 Å². The van der Waals surface area contributed by atoms with Gasteiger partial charge in [-0.25, -0.2) is 4.79 Å². The number of ether oxygens (including phenoxy) is 3. The first-order chi connectivity index (χ1) is 12.0. The average molecular weight is 348 g/mol. The summed E-state index contributed by atoms with van der Waals surface area (Å²) in [5.74, 6) is -0.0292. The Morgan fingerprint density at radius 3 is 2.60 bits per heavy atom. The molecule has 136 valence electrons. The summed E-state index contributed by atoms with van der Waals surface area (Å²) in [6, 6.07) is 3.12. The summed E-state index contributed by atoms with van der Waals surface area (Å²) >= 11 is 0. The Kier molecular flexibility index (Phi) is 5.27. The third-order valence-electron chi connectivity index (χ3n) is 4.77. The molecule has 0 unspecified atom stereocenters. The molecule has 6 heteroatoms. The number of carbonyl (C=O) groups excluding carboxylic acids is 2. The standard InChI is InChI=1S/C19H24O6/c1-11-5-3-6-12(20)7-4-8-16-18(25-16)14-9-13(23-2)10-15(21)17(14)19(22)24-11/h9-11,16,18,21H,3-8H2,1-2H3/t11-,16+,18+/m0/s1. The summed E-state index contributed by atoms with van der Waals surface area (Å²) in [5, 5.41) is 10.3. The first-order valence-electron chi connectivity index (χ1n) is 8.78. The third-order valence-corrected chi connectivity index (χ3v) is 4.77. The molecule has 1 saturated heterocycles. The van der Waals surface area contributed by atoms with Gasteiger partial charge >= 0.3 is 5.97 Å². The molecule has 0 bridgehead atoms. The number of ketones is 1. The van der Waals surface area contributed by atoms with Crippen molar-refractivity contribution in [2.45, 2.75) is 63.8 Å². The number of benzene rings is 1. The van der Waals surface area contributed by atoms with E-state index in [9.17, 15) is 14.7 Å². The lowest BCUT2D eigenvalue weighted by Crippen LogP contribution is -2.17. The number of phenols is 1. The van der Waals surface area contributed by atoms with E-state index in [0.717, 1.165) is 12.8 Å². The van der Waals surface area contributed by atoms with Gasteiger partial charge in [0.05, 0.1) is 19.3 Å². The molecule has 1 aromatic rings. The second-order valence-electron chi connectivity index (χ2n) is 6.74. The van der Waals surface area contributed by atoms with Crippen LogP contribution in [0.25, 0.3) is 0 Å². The second-order valence-corrected chi connectivity index (χ2v) is 6.74. The van der Waals surface area contributed by atoms with Gasteiger partial charge in [-0.2, -0.15) is 0 Å². The Balaban J connectivity index is 1.90. The number of aromatic hydroxyl groups is 1. The predicted octanol–water partition coefficient (Wildman–Crippen LogP) is 3.31. The van der Waals surface area contributed by atoms with Crippen molar-refractivity contribution in [1.29, 1.82) is 0 Å². The molecule has 0 saturated carbocycles. The Morgan fingerprint density at radius 2 is 1.88 bits per heavy atom. The lowest BCUT2D eigenvalue weighted by Gasteiger charge is -2.16. The molecule has 0 aromatic heterocycles. The van der Waals surface area contributed by atoms with E-state index >= 15 is 0 Å². The molecule has 1 N–H and O–H groups in total. The van der Waals surface area contributed by atoms with Crippen molar-refractivity contribution >= 4 is 11.8 Å². The van der Waals surface area contributed by atoms with Gasteiger partial charge in [-0.3, -0.25) is 4.79 Å². The number of methoxy groups -OCH3 is 1. The van der Waals surface area contributed by atoms with Gasteiger partial charge in [0.25, 0.3) is 0 Å². The minimum absolute atomic E-state index is 0.0498. The quantitative estimate of drug-likeness (QED) is 0.619. The number of rotatable bonds is 1. The highest BCUT2D eigenvalue weighted by Gasteiger charge is 2.43. The van der Waals surface area contributed by atoms with Crippen molar-refractivity contribution < 1.29 is 28.9 Å². The van der Waals surface area contributed by atoms with Crippen molar-refractivity contribution in [2.75, 3.05) is 7.11 Å². The first-order valence-corrected chi connectivity index (χ1v) is 8.78. The summed E-state index contributed by atoms with van der Waals surface area (Å²) < 4.78 is 16.4. The van der Waals surface area contributed by atoms with Crippen LogP contribution in [0.2, 0.25) is 0 Å². The van der Waals surface area contributed by atoms with Gasteiger partial charge in [0.15, 0.2) is 0 Å². The number of phenolic OH excluding ortho intramolecular Hbond substituents is 1. The zero-order valence-corrected chi connectivity index (χ0v) is 14.6. The molecule has 0 radical (unpaired) electrons.